The fraction of sp³-hybridized carbons (Fsp3) is 0.286. The van der Waals surface area contributed by atoms with Gasteiger partial charge < -0.3 is 4.74 Å². The molecule has 0 spiro atoms. The van der Waals surface area contributed by atoms with Gasteiger partial charge in [0.05, 0.1) is 0 Å². The summed E-state index contributed by atoms with van der Waals surface area (Å²) in [5, 5.41) is 0. The lowest BCUT2D eigenvalue weighted by Crippen LogP contribution is -2.10. The highest BCUT2D eigenvalue weighted by Crippen LogP contribution is 2.24. The average Bonchev–Trinajstić information content (AvgIpc) is 2.47. The molecule has 5 heteroatoms. The van der Waals surface area contributed by atoms with Crippen molar-refractivity contribution in [3.05, 3.63) is 42.1 Å². The van der Waals surface area contributed by atoms with E-state index in [1.54, 1.807) is 12.3 Å². The molecule has 2 rings (SSSR count). The summed E-state index contributed by atoms with van der Waals surface area (Å²) in [7, 11) is 0. The molecule has 0 amide bonds. The monoisotopic (exact) mass is 258 g/mol. The Labute approximate surface area is 112 Å². The van der Waals surface area contributed by atoms with E-state index in [0.717, 1.165) is 12.2 Å². The Morgan fingerprint density at radius 3 is 2.63 bits per heavy atom. The van der Waals surface area contributed by atoms with E-state index < -0.39 is 0 Å². The van der Waals surface area contributed by atoms with Crippen molar-refractivity contribution in [3.8, 4) is 11.6 Å². The van der Waals surface area contributed by atoms with Crippen LogP contribution < -0.4 is 16.0 Å². The number of anilines is 1. The summed E-state index contributed by atoms with van der Waals surface area (Å²) in [4.78, 5) is 8.01. The summed E-state index contributed by atoms with van der Waals surface area (Å²) >= 11 is 0. The zero-order valence-electron chi connectivity index (χ0n) is 11.1. The standard InChI is InChI=1S/C14H18N4O/c1-3-10(2)11-4-6-12(7-5-11)19-13-8-9-16-14(17-13)18-15/h4-10H,3,15H2,1-2H3,(H,16,17,18). The van der Waals surface area contributed by atoms with Crippen LogP contribution in [0, 0.1) is 0 Å². The third kappa shape index (κ3) is 3.42. The highest BCUT2D eigenvalue weighted by Gasteiger charge is 2.04. The summed E-state index contributed by atoms with van der Waals surface area (Å²) in [5.41, 5.74) is 3.69. The first-order valence-corrected chi connectivity index (χ1v) is 6.30. The maximum atomic E-state index is 5.64. The minimum Gasteiger partial charge on any atom is -0.439 e. The van der Waals surface area contributed by atoms with E-state index in [0.29, 0.717) is 17.7 Å². The van der Waals surface area contributed by atoms with Gasteiger partial charge in [0.25, 0.3) is 0 Å². The lowest BCUT2D eigenvalue weighted by atomic mass is 9.99. The smallest absolute Gasteiger partial charge is 0.240 e. The van der Waals surface area contributed by atoms with Crippen LogP contribution in [0.2, 0.25) is 0 Å². The topological polar surface area (TPSA) is 73.1 Å². The number of rotatable bonds is 5. The number of nitrogen functional groups attached to an aromatic ring is 1. The number of nitrogens with two attached hydrogens (primary N) is 1. The number of nitrogens with zero attached hydrogens (tertiary/aromatic N) is 2. The van der Waals surface area contributed by atoms with Crippen LogP contribution in [0.25, 0.3) is 0 Å². The molecule has 0 fully saturated rings. The number of hydrogen-bond donors (Lipinski definition) is 2. The van der Waals surface area contributed by atoms with Crippen molar-refractivity contribution in [2.24, 2.45) is 5.84 Å². The molecule has 3 N–H and O–H groups in total. The number of ether oxygens (including phenoxy) is 1. The van der Waals surface area contributed by atoms with Crippen LogP contribution in [0.1, 0.15) is 31.7 Å². The molecule has 0 bridgehead atoms. The van der Waals surface area contributed by atoms with Gasteiger partial charge in [-0.15, -0.1) is 0 Å². The van der Waals surface area contributed by atoms with Crippen LogP contribution in [0.3, 0.4) is 0 Å². The fourth-order valence-corrected chi connectivity index (χ4v) is 1.69. The normalized spacial score (nSPS) is 11.9. The molecule has 19 heavy (non-hydrogen) atoms. The molecule has 0 aliphatic heterocycles. The number of aromatic nitrogens is 2. The van der Waals surface area contributed by atoms with Crippen molar-refractivity contribution >= 4 is 5.95 Å². The Balaban J connectivity index is 2.10. The van der Waals surface area contributed by atoms with Crippen LogP contribution in [-0.2, 0) is 0 Å². The Kier molecular flexibility index (Phi) is 4.30. The third-order valence-electron chi connectivity index (χ3n) is 3.04. The van der Waals surface area contributed by atoms with E-state index in [2.05, 4.69) is 41.4 Å². The number of nitrogens with one attached hydrogen (secondary N) is 1. The minimum absolute atomic E-state index is 0.328. The molecule has 0 radical (unpaired) electrons. The second kappa shape index (κ2) is 6.15. The van der Waals surface area contributed by atoms with Crippen molar-refractivity contribution in [1.82, 2.24) is 9.97 Å². The number of hydrazine groups is 1. The Hall–Kier alpha value is -2.14. The summed E-state index contributed by atoms with van der Waals surface area (Å²) in [6.45, 7) is 4.39. The predicted molar refractivity (Wildman–Crippen MR) is 75.1 cm³/mol. The SMILES string of the molecule is CCC(C)c1ccc(Oc2ccnc(NN)n2)cc1. The molecule has 100 valence electrons. The molecule has 0 aliphatic rings. The summed E-state index contributed by atoms with van der Waals surface area (Å²) in [6, 6.07) is 9.72. The first kappa shape index (κ1) is 13.3. The van der Waals surface area contributed by atoms with Crippen molar-refractivity contribution in [3.63, 3.8) is 0 Å². The second-order valence-corrected chi connectivity index (χ2v) is 4.34. The average molecular weight is 258 g/mol. The molecular weight excluding hydrogens is 240 g/mol. The summed E-state index contributed by atoms with van der Waals surface area (Å²) in [5.74, 6) is 7.34. The number of benzene rings is 1. The van der Waals surface area contributed by atoms with Gasteiger partial charge in [0, 0.05) is 12.3 Å². The van der Waals surface area contributed by atoms with Gasteiger partial charge in [0.1, 0.15) is 5.75 Å². The van der Waals surface area contributed by atoms with Crippen LogP contribution in [-0.4, -0.2) is 9.97 Å². The molecule has 5 nitrogen and oxygen atoms in total. The lowest BCUT2D eigenvalue weighted by molar-refractivity contribution is 0.462. The zero-order valence-corrected chi connectivity index (χ0v) is 11.1. The van der Waals surface area contributed by atoms with Gasteiger partial charge in [0.15, 0.2) is 0 Å². The van der Waals surface area contributed by atoms with Gasteiger partial charge in [-0.1, -0.05) is 26.0 Å². The van der Waals surface area contributed by atoms with E-state index in [1.165, 1.54) is 5.56 Å². The van der Waals surface area contributed by atoms with Crippen LogP contribution in [0.15, 0.2) is 36.5 Å². The van der Waals surface area contributed by atoms with Crippen LogP contribution in [0.5, 0.6) is 11.6 Å². The van der Waals surface area contributed by atoms with Crippen molar-refractivity contribution < 1.29 is 4.74 Å². The van der Waals surface area contributed by atoms with Crippen molar-refractivity contribution in [2.45, 2.75) is 26.2 Å². The van der Waals surface area contributed by atoms with Gasteiger partial charge in [-0.05, 0) is 30.0 Å². The van der Waals surface area contributed by atoms with Crippen LogP contribution >= 0.6 is 0 Å². The first-order valence-electron chi connectivity index (χ1n) is 6.30. The zero-order chi connectivity index (χ0) is 13.7. The lowest BCUT2D eigenvalue weighted by Gasteiger charge is -2.10. The quantitative estimate of drug-likeness (QED) is 0.637. The molecule has 1 heterocycles. The highest BCUT2D eigenvalue weighted by atomic mass is 16.5. The van der Waals surface area contributed by atoms with Gasteiger partial charge in [-0.3, -0.25) is 5.43 Å². The Morgan fingerprint density at radius 1 is 1.26 bits per heavy atom. The third-order valence-corrected chi connectivity index (χ3v) is 3.04. The number of hydrogen-bond acceptors (Lipinski definition) is 5. The molecule has 0 aliphatic carbocycles. The van der Waals surface area contributed by atoms with Gasteiger partial charge in [-0.2, -0.15) is 4.98 Å². The molecule has 2 aromatic rings. The van der Waals surface area contributed by atoms with Gasteiger partial charge in [-0.25, -0.2) is 10.8 Å². The largest absolute Gasteiger partial charge is 0.439 e. The molecule has 1 atom stereocenters. The molecule has 0 saturated carbocycles. The summed E-state index contributed by atoms with van der Waals surface area (Å²) < 4.78 is 5.64. The molecule has 0 saturated heterocycles. The summed E-state index contributed by atoms with van der Waals surface area (Å²) in [6.07, 6.45) is 2.71. The van der Waals surface area contributed by atoms with Gasteiger partial charge >= 0.3 is 0 Å². The van der Waals surface area contributed by atoms with E-state index in [4.69, 9.17) is 10.6 Å². The van der Waals surface area contributed by atoms with E-state index in [-0.39, 0.29) is 0 Å². The molecule has 1 aromatic heterocycles. The highest BCUT2D eigenvalue weighted by molar-refractivity contribution is 5.33. The maximum absolute atomic E-state index is 5.64. The second-order valence-electron chi connectivity index (χ2n) is 4.34. The van der Waals surface area contributed by atoms with E-state index in [1.807, 2.05) is 12.1 Å². The Bertz CT molecular complexity index is 527. The fourth-order valence-electron chi connectivity index (χ4n) is 1.69. The van der Waals surface area contributed by atoms with Crippen molar-refractivity contribution in [2.75, 3.05) is 5.43 Å². The van der Waals surface area contributed by atoms with E-state index in [9.17, 15) is 0 Å². The predicted octanol–water partition coefficient (Wildman–Crippen LogP) is 3.07. The molecule has 1 aromatic carbocycles. The van der Waals surface area contributed by atoms with Gasteiger partial charge in [0.2, 0.25) is 11.8 Å². The maximum Gasteiger partial charge on any atom is 0.240 e. The minimum atomic E-state index is 0.328. The van der Waals surface area contributed by atoms with E-state index >= 15 is 0 Å². The van der Waals surface area contributed by atoms with Crippen molar-refractivity contribution in [1.29, 1.82) is 0 Å². The molecule has 1 unspecified atom stereocenters. The van der Waals surface area contributed by atoms with Crippen LogP contribution in [0.4, 0.5) is 5.95 Å². The Morgan fingerprint density at radius 2 is 2.00 bits per heavy atom. The molecular formula is C14H18N4O. The first-order chi connectivity index (χ1) is 9.22.